The first-order chi connectivity index (χ1) is 7.79. The van der Waals surface area contributed by atoms with Gasteiger partial charge in [0, 0.05) is 19.1 Å². The molecule has 2 N–H and O–H groups in total. The third-order valence-electron chi connectivity index (χ3n) is 2.09. The van der Waals surface area contributed by atoms with Gasteiger partial charge in [-0.1, -0.05) is 23.2 Å². The van der Waals surface area contributed by atoms with E-state index in [1.165, 1.54) is 11.3 Å². The van der Waals surface area contributed by atoms with Crippen molar-refractivity contribution >= 4 is 44.6 Å². The molecule has 1 unspecified atom stereocenters. The van der Waals surface area contributed by atoms with Crippen molar-refractivity contribution in [2.75, 3.05) is 19.3 Å². The van der Waals surface area contributed by atoms with Crippen LogP contribution in [0.3, 0.4) is 0 Å². The summed E-state index contributed by atoms with van der Waals surface area (Å²) in [7, 11) is -3.13. The third kappa shape index (κ3) is 5.54. The highest BCUT2D eigenvalue weighted by Gasteiger charge is 2.12. The van der Waals surface area contributed by atoms with Crippen LogP contribution >= 0.6 is 34.5 Å². The zero-order chi connectivity index (χ0) is 13.1. The van der Waals surface area contributed by atoms with Crippen molar-refractivity contribution < 1.29 is 8.42 Å². The summed E-state index contributed by atoms with van der Waals surface area (Å²) in [4.78, 5) is 0. The molecule has 0 aliphatic rings. The van der Waals surface area contributed by atoms with Crippen LogP contribution in [0, 0.1) is 0 Å². The minimum atomic E-state index is -3.13. The molecule has 0 bridgehead atoms. The lowest BCUT2D eigenvalue weighted by atomic mass is 10.2. The maximum Gasteiger partial charge on any atom is 0.208 e. The summed E-state index contributed by atoms with van der Waals surface area (Å²) in [6, 6.07) is 1.85. The lowest BCUT2D eigenvalue weighted by molar-refractivity contribution is 0.557. The number of thiophene rings is 1. The second-order valence-electron chi connectivity index (χ2n) is 3.62. The van der Waals surface area contributed by atoms with Gasteiger partial charge in [0.15, 0.2) is 0 Å². The number of nitrogens with one attached hydrogen (secondary N) is 2. The van der Waals surface area contributed by atoms with Crippen molar-refractivity contribution in [1.82, 2.24) is 10.0 Å². The first-order valence-corrected chi connectivity index (χ1v) is 8.38. The molecule has 17 heavy (non-hydrogen) atoms. The molecule has 98 valence electrons. The fourth-order valence-electron chi connectivity index (χ4n) is 1.28. The fraction of sp³-hybridized carbons (Fsp3) is 0.556. The van der Waals surface area contributed by atoms with E-state index in [9.17, 15) is 8.42 Å². The lowest BCUT2D eigenvalue weighted by Crippen LogP contribution is -2.32. The van der Waals surface area contributed by atoms with Crippen LogP contribution < -0.4 is 10.0 Å². The smallest absolute Gasteiger partial charge is 0.208 e. The van der Waals surface area contributed by atoms with E-state index >= 15 is 0 Å². The maximum absolute atomic E-state index is 10.8. The Morgan fingerprint density at radius 3 is 2.53 bits per heavy atom. The number of hydrogen-bond acceptors (Lipinski definition) is 4. The van der Waals surface area contributed by atoms with Gasteiger partial charge in [-0.15, -0.1) is 11.3 Å². The molecule has 1 rings (SSSR count). The van der Waals surface area contributed by atoms with Crippen LogP contribution in [-0.4, -0.2) is 27.8 Å². The summed E-state index contributed by atoms with van der Waals surface area (Å²) in [5.74, 6) is 0. The average Bonchev–Trinajstić information content (AvgIpc) is 2.51. The normalized spacial score (nSPS) is 13.9. The molecule has 0 saturated carbocycles. The van der Waals surface area contributed by atoms with Crippen LogP contribution in [0.15, 0.2) is 6.07 Å². The van der Waals surface area contributed by atoms with E-state index in [1.807, 2.05) is 13.0 Å². The number of sulfonamides is 1. The molecule has 0 radical (unpaired) electrons. The summed E-state index contributed by atoms with van der Waals surface area (Å²) < 4.78 is 25.4. The van der Waals surface area contributed by atoms with Crippen LogP contribution in [0.5, 0.6) is 0 Å². The van der Waals surface area contributed by atoms with Gasteiger partial charge in [0.2, 0.25) is 10.0 Å². The Morgan fingerprint density at radius 1 is 1.41 bits per heavy atom. The highest BCUT2D eigenvalue weighted by molar-refractivity contribution is 7.88. The van der Waals surface area contributed by atoms with E-state index in [-0.39, 0.29) is 6.04 Å². The van der Waals surface area contributed by atoms with Crippen molar-refractivity contribution in [1.29, 1.82) is 0 Å². The van der Waals surface area contributed by atoms with Crippen molar-refractivity contribution in [3.05, 3.63) is 20.3 Å². The maximum atomic E-state index is 10.8. The van der Waals surface area contributed by atoms with Crippen LogP contribution in [0.4, 0.5) is 0 Å². The van der Waals surface area contributed by atoms with E-state index in [2.05, 4.69) is 10.0 Å². The first kappa shape index (κ1) is 15.2. The molecular weight excluding hydrogens is 303 g/mol. The number of hydrogen-bond donors (Lipinski definition) is 2. The van der Waals surface area contributed by atoms with Gasteiger partial charge < -0.3 is 5.32 Å². The molecule has 0 saturated heterocycles. The topological polar surface area (TPSA) is 58.2 Å². The van der Waals surface area contributed by atoms with Gasteiger partial charge in [-0.3, -0.25) is 0 Å². The predicted octanol–water partition coefficient (Wildman–Crippen LogP) is 2.25. The van der Waals surface area contributed by atoms with Crippen LogP contribution in [0.2, 0.25) is 8.67 Å². The third-order valence-corrected chi connectivity index (χ3v) is 4.34. The van der Waals surface area contributed by atoms with Gasteiger partial charge >= 0.3 is 0 Å². The monoisotopic (exact) mass is 316 g/mol. The van der Waals surface area contributed by atoms with Crippen molar-refractivity contribution in [2.45, 2.75) is 13.0 Å². The van der Waals surface area contributed by atoms with Gasteiger partial charge in [0.1, 0.15) is 0 Å². The van der Waals surface area contributed by atoms with Crippen LogP contribution in [-0.2, 0) is 10.0 Å². The second-order valence-corrected chi connectivity index (χ2v) is 7.74. The Labute approximate surface area is 115 Å². The molecule has 0 aliphatic carbocycles. The van der Waals surface area contributed by atoms with Crippen LogP contribution in [0.25, 0.3) is 0 Å². The summed E-state index contributed by atoms with van der Waals surface area (Å²) in [6.07, 6.45) is 1.13. The summed E-state index contributed by atoms with van der Waals surface area (Å²) >= 11 is 13.2. The first-order valence-electron chi connectivity index (χ1n) is 4.92. The molecule has 4 nitrogen and oxygen atoms in total. The Morgan fingerprint density at radius 2 is 2.06 bits per heavy atom. The molecule has 0 aromatic carbocycles. The Kier molecular flexibility index (Phi) is 5.69. The molecule has 1 aromatic heterocycles. The van der Waals surface area contributed by atoms with E-state index in [0.29, 0.717) is 21.8 Å². The number of halogens is 2. The van der Waals surface area contributed by atoms with Gasteiger partial charge in [0.25, 0.3) is 0 Å². The Bertz CT molecular complexity index is 473. The minimum absolute atomic E-state index is 0.0348. The molecule has 0 spiro atoms. The molecule has 1 atom stereocenters. The Balaban J connectivity index is 2.40. The molecule has 8 heteroatoms. The lowest BCUT2D eigenvalue weighted by Gasteiger charge is -2.13. The molecule has 0 aliphatic heterocycles. The highest BCUT2D eigenvalue weighted by Crippen LogP contribution is 2.34. The summed E-state index contributed by atoms with van der Waals surface area (Å²) in [5.41, 5.74) is 0.932. The fourth-order valence-corrected chi connectivity index (χ4v) is 3.40. The van der Waals surface area contributed by atoms with E-state index in [0.717, 1.165) is 11.8 Å². The largest absolute Gasteiger partial charge is 0.309 e. The van der Waals surface area contributed by atoms with E-state index in [4.69, 9.17) is 23.2 Å². The summed E-state index contributed by atoms with van der Waals surface area (Å²) in [6.45, 7) is 2.82. The molecule has 0 amide bonds. The second kappa shape index (κ2) is 6.36. The minimum Gasteiger partial charge on any atom is -0.309 e. The zero-order valence-electron chi connectivity index (χ0n) is 9.46. The molecule has 0 fully saturated rings. The zero-order valence-corrected chi connectivity index (χ0v) is 12.6. The van der Waals surface area contributed by atoms with Gasteiger partial charge in [-0.05, 0) is 18.6 Å². The number of rotatable bonds is 6. The SMILES string of the molecule is CC(NCCNS(C)(=O)=O)c1cc(Cl)sc1Cl. The highest BCUT2D eigenvalue weighted by atomic mass is 35.5. The average molecular weight is 317 g/mol. The van der Waals surface area contributed by atoms with Crippen molar-refractivity contribution in [3.63, 3.8) is 0 Å². The Hall–Kier alpha value is 0.150. The van der Waals surface area contributed by atoms with Crippen molar-refractivity contribution in [3.8, 4) is 0 Å². The summed E-state index contributed by atoms with van der Waals surface area (Å²) in [5, 5.41) is 3.16. The van der Waals surface area contributed by atoms with Gasteiger partial charge in [0.05, 0.1) is 14.9 Å². The molecule has 1 heterocycles. The molecular formula is C9H14Cl2N2O2S2. The molecule has 1 aromatic rings. The standard InChI is InChI=1S/C9H14Cl2N2O2S2/c1-6(7-5-8(10)16-9(7)11)12-3-4-13-17(2,14)15/h5-6,12-13H,3-4H2,1-2H3. The van der Waals surface area contributed by atoms with Gasteiger partial charge in [-0.25, -0.2) is 13.1 Å². The van der Waals surface area contributed by atoms with E-state index < -0.39 is 10.0 Å². The van der Waals surface area contributed by atoms with E-state index in [1.54, 1.807) is 0 Å². The van der Waals surface area contributed by atoms with Crippen molar-refractivity contribution in [2.24, 2.45) is 0 Å². The van der Waals surface area contributed by atoms with Crippen LogP contribution in [0.1, 0.15) is 18.5 Å². The quantitative estimate of drug-likeness (QED) is 0.791. The van der Waals surface area contributed by atoms with Gasteiger partial charge in [-0.2, -0.15) is 0 Å². The predicted molar refractivity (Wildman–Crippen MR) is 73.6 cm³/mol.